The summed E-state index contributed by atoms with van der Waals surface area (Å²) in [5.41, 5.74) is 2.83. The molecule has 0 aromatic heterocycles. The van der Waals surface area contributed by atoms with Gasteiger partial charge in [0.15, 0.2) is 0 Å². The van der Waals surface area contributed by atoms with Crippen LogP contribution in [0.2, 0.25) is 0 Å². The van der Waals surface area contributed by atoms with E-state index in [4.69, 9.17) is 10.7 Å². The van der Waals surface area contributed by atoms with Gasteiger partial charge in [-0.05, 0) is 47.4 Å². The molecule has 33 heavy (non-hydrogen) atoms. The lowest BCUT2D eigenvalue weighted by Gasteiger charge is -2.43. The molecule has 6 nitrogen and oxygen atoms in total. The van der Waals surface area contributed by atoms with Crippen LogP contribution in [-0.2, 0) is 38.0 Å². The van der Waals surface area contributed by atoms with Gasteiger partial charge >= 0.3 is 0 Å². The maximum atomic E-state index is 13.8. The second-order valence-electron chi connectivity index (χ2n) is 8.96. The van der Waals surface area contributed by atoms with Crippen molar-refractivity contribution in [2.24, 2.45) is 11.8 Å². The summed E-state index contributed by atoms with van der Waals surface area (Å²) >= 11 is 0. The smallest absolute Gasteiger partial charge is 0.261 e. The summed E-state index contributed by atoms with van der Waals surface area (Å²) in [6.07, 6.45) is 2.91. The molecule has 1 saturated heterocycles. The molecule has 1 N–H and O–H groups in total. The number of rotatable bonds is 7. The van der Waals surface area contributed by atoms with Crippen LogP contribution in [-0.4, -0.2) is 37.2 Å². The molecule has 1 heterocycles. The molecule has 2 aromatic carbocycles. The van der Waals surface area contributed by atoms with Crippen molar-refractivity contribution in [1.82, 2.24) is 10.2 Å². The predicted molar refractivity (Wildman–Crippen MR) is 127 cm³/mol. The number of carbonyl (C=O) groups is 2. The lowest BCUT2D eigenvalue weighted by molar-refractivity contribution is -0.154. The van der Waals surface area contributed by atoms with Crippen LogP contribution in [0.25, 0.3) is 0 Å². The van der Waals surface area contributed by atoms with Gasteiger partial charge < -0.3 is 10.2 Å². The minimum atomic E-state index is -4.00. The van der Waals surface area contributed by atoms with E-state index in [-0.39, 0.29) is 35.1 Å². The normalized spacial score (nSPS) is 21.4. The first-order valence-corrected chi connectivity index (χ1v) is 13.8. The highest BCUT2D eigenvalue weighted by Gasteiger charge is 2.47. The van der Waals surface area contributed by atoms with E-state index >= 15 is 0 Å². The number of piperazine rings is 1. The van der Waals surface area contributed by atoms with Crippen LogP contribution in [0.1, 0.15) is 43.4 Å². The van der Waals surface area contributed by atoms with E-state index in [1.807, 2.05) is 26.0 Å². The summed E-state index contributed by atoms with van der Waals surface area (Å²) in [6, 6.07) is 13.2. The summed E-state index contributed by atoms with van der Waals surface area (Å²) in [6.45, 7) is 4.02. The van der Waals surface area contributed by atoms with E-state index < -0.39 is 21.1 Å². The molecule has 0 spiro atoms. The summed E-state index contributed by atoms with van der Waals surface area (Å²) < 4.78 is 24.3. The first-order valence-electron chi connectivity index (χ1n) is 11.4. The third-order valence-corrected chi connectivity index (χ3v) is 8.50. The fraction of sp³-hybridized carbons (Fsp3) is 0.440. The zero-order valence-electron chi connectivity index (χ0n) is 18.8. The third kappa shape index (κ3) is 4.66. The Kier molecular flexibility index (Phi) is 6.82. The molecule has 176 valence electrons. The van der Waals surface area contributed by atoms with Crippen LogP contribution in [0.3, 0.4) is 0 Å². The van der Waals surface area contributed by atoms with Gasteiger partial charge in [0.1, 0.15) is 12.1 Å². The minimum Gasteiger partial charge on any atom is -0.342 e. The fourth-order valence-corrected chi connectivity index (χ4v) is 6.48. The van der Waals surface area contributed by atoms with Gasteiger partial charge in [-0.15, -0.1) is 0 Å². The first kappa shape index (κ1) is 23.8. The maximum Gasteiger partial charge on any atom is 0.261 e. The lowest BCUT2D eigenvalue weighted by Crippen LogP contribution is -2.66. The first-order chi connectivity index (χ1) is 15.7. The number of hydrogen-bond acceptors (Lipinski definition) is 4. The van der Waals surface area contributed by atoms with Gasteiger partial charge in [-0.2, -0.15) is 0 Å². The number of carbonyl (C=O) groups excluding carboxylic acids is 2. The van der Waals surface area contributed by atoms with E-state index in [0.717, 1.165) is 25.7 Å². The quantitative estimate of drug-likeness (QED) is 0.603. The Hall–Kier alpha value is -2.38. The SMILES string of the molecule is CCC(CC)[C@@H]1C(=O)N[C@H](C2Cc3ccccc3C2)C(=O)N1Cc1ccccc1S(=O)(=O)Cl. The molecule has 8 heteroatoms. The number of nitrogens with one attached hydrogen (secondary N) is 1. The van der Waals surface area contributed by atoms with E-state index in [1.54, 1.807) is 23.1 Å². The molecule has 2 aromatic rings. The van der Waals surface area contributed by atoms with Gasteiger partial charge in [-0.25, -0.2) is 8.42 Å². The lowest BCUT2D eigenvalue weighted by atomic mass is 9.86. The average Bonchev–Trinajstić information content (AvgIpc) is 3.22. The molecule has 2 amide bonds. The van der Waals surface area contributed by atoms with E-state index in [1.165, 1.54) is 17.2 Å². The average molecular weight is 489 g/mol. The molecule has 0 saturated carbocycles. The van der Waals surface area contributed by atoms with Gasteiger partial charge in [0.25, 0.3) is 9.05 Å². The molecule has 2 atom stereocenters. The minimum absolute atomic E-state index is 0.0196. The second-order valence-corrected chi connectivity index (χ2v) is 11.5. The van der Waals surface area contributed by atoms with Gasteiger partial charge in [0, 0.05) is 17.2 Å². The Morgan fingerprint density at radius 3 is 2.15 bits per heavy atom. The van der Waals surface area contributed by atoms with Crippen LogP contribution in [0.4, 0.5) is 0 Å². The monoisotopic (exact) mass is 488 g/mol. The molecule has 0 bridgehead atoms. The van der Waals surface area contributed by atoms with Gasteiger partial charge in [0.05, 0.1) is 4.90 Å². The highest BCUT2D eigenvalue weighted by atomic mass is 35.7. The van der Waals surface area contributed by atoms with E-state index in [9.17, 15) is 18.0 Å². The standard InChI is InChI=1S/C25H29ClN2O4S/c1-3-16(4-2)23-24(29)27-22(20-13-17-9-5-6-10-18(17)14-20)25(30)28(23)15-19-11-7-8-12-21(19)33(26,31)32/h5-12,16,20,22-23H,3-4,13-15H2,1-2H3,(H,27,29)/t22-,23-/m1/s1. The number of hydrogen-bond donors (Lipinski definition) is 1. The number of fused-ring (bicyclic) bond motifs is 1. The van der Waals surface area contributed by atoms with Crippen molar-refractivity contribution in [3.63, 3.8) is 0 Å². The highest BCUT2D eigenvalue weighted by molar-refractivity contribution is 8.13. The van der Waals surface area contributed by atoms with Crippen molar-refractivity contribution in [2.75, 3.05) is 0 Å². The topological polar surface area (TPSA) is 83.6 Å². The maximum absolute atomic E-state index is 13.8. The fourth-order valence-electron chi connectivity index (χ4n) is 5.34. The summed E-state index contributed by atoms with van der Waals surface area (Å²) in [5, 5.41) is 3.03. The molecular formula is C25H29ClN2O4S. The predicted octanol–water partition coefficient (Wildman–Crippen LogP) is 3.66. The van der Waals surface area contributed by atoms with E-state index in [2.05, 4.69) is 17.4 Å². The van der Waals surface area contributed by atoms with Crippen molar-refractivity contribution in [3.05, 3.63) is 65.2 Å². The number of benzene rings is 2. The van der Waals surface area contributed by atoms with Gasteiger partial charge in [0.2, 0.25) is 11.8 Å². The van der Waals surface area contributed by atoms with Crippen molar-refractivity contribution in [1.29, 1.82) is 0 Å². The zero-order valence-corrected chi connectivity index (χ0v) is 20.4. The Labute approximate surface area is 199 Å². The summed E-state index contributed by atoms with van der Waals surface area (Å²) in [5.74, 6) is -0.395. The van der Waals surface area contributed by atoms with E-state index in [0.29, 0.717) is 5.56 Å². The number of halogens is 1. The molecule has 1 fully saturated rings. The van der Waals surface area contributed by atoms with Gasteiger partial charge in [-0.1, -0.05) is 69.2 Å². The summed E-state index contributed by atoms with van der Waals surface area (Å²) in [4.78, 5) is 28.8. The third-order valence-electron chi connectivity index (χ3n) is 7.08. The van der Waals surface area contributed by atoms with Crippen molar-refractivity contribution < 1.29 is 18.0 Å². The molecule has 2 aliphatic rings. The molecule has 0 radical (unpaired) electrons. The molecule has 4 rings (SSSR count). The Balaban J connectivity index is 1.69. The van der Waals surface area contributed by atoms with Crippen LogP contribution in [0.15, 0.2) is 53.4 Å². The van der Waals surface area contributed by atoms with Crippen molar-refractivity contribution in [3.8, 4) is 0 Å². The molecule has 1 aliphatic carbocycles. The Morgan fingerprint density at radius 1 is 1.00 bits per heavy atom. The van der Waals surface area contributed by atoms with Crippen molar-refractivity contribution in [2.45, 2.75) is 63.1 Å². The Bertz CT molecular complexity index is 1140. The van der Waals surface area contributed by atoms with Crippen molar-refractivity contribution >= 4 is 31.5 Å². The Morgan fingerprint density at radius 2 is 1.58 bits per heavy atom. The van der Waals surface area contributed by atoms with Crippen LogP contribution >= 0.6 is 10.7 Å². The molecule has 1 aliphatic heterocycles. The molecular weight excluding hydrogens is 460 g/mol. The zero-order chi connectivity index (χ0) is 23.8. The second kappa shape index (κ2) is 9.47. The van der Waals surface area contributed by atoms with Crippen LogP contribution < -0.4 is 5.32 Å². The van der Waals surface area contributed by atoms with Crippen LogP contribution in [0, 0.1) is 11.8 Å². The summed E-state index contributed by atoms with van der Waals surface area (Å²) in [7, 11) is 1.68. The number of nitrogens with zero attached hydrogens (tertiary/aromatic N) is 1. The van der Waals surface area contributed by atoms with Gasteiger partial charge in [-0.3, -0.25) is 9.59 Å². The molecule has 0 unspecified atom stereocenters. The highest BCUT2D eigenvalue weighted by Crippen LogP contribution is 2.34. The number of amides is 2. The largest absolute Gasteiger partial charge is 0.342 e. The van der Waals surface area contributed by atoms with Crippen LogP contribution in [0.5, 0.6) is 0 Å².